The fourth-order valence-corrected chi connectivity index (χ4v) is 4.11. The maximum absolute atomic E-state index is 13.1. The highest BCUT2D eigenvalue weighted by molar-refractivity contribution is 7.85. The second-order valence-electron chi connectivity index (χ2n) is 5.30. The SMILES string of the molecule is O=S(c1ccccc1)C(c1ccccc1)C(O)c1ccccc1. The molecule has 0 amide bonds. The predicted molar refractivity (Wildman–Crippen MR) is 93.4 cm³/mol. The molecule has 3 aromatic rings. The second kappa shape index (κ2) is 7.36. The Hall–Kier alpha value is -2.23. The van der Waals surface area contributed by atoms with E-state index in [0.29, 0.717) is 0 Å². The van der Waals surface area contributed by atoms with E-state index in [1.54, 1.807) is 0 Å². The number of aliphatic hydroxyl groups excluding tert-OH is 1. The van der Waals surface area contributed by atoms with Crippen molar-refractivity contribution in [3.05, 3.63) is 102 Å². The minimum Gasteiger partial charge on any atom is -0.387 e. The molecule has 0 aromatic heterocycles. The van der Waals surface area contributed by atoms with Crippen LogP contribution in [0, 0.1) is 0 Å². The molecule has 0 saturated heterocycles. The van der Waals surface area contributed by atoms with E-state index in [1.165, 1.54) is 0 Å². The molecule has 3 unspecified atom stereocenters. The summed E-state index contributed by atoms with van der Waals surface area (Å²) in [6.07, 6.45) is -0.834. The van der Waals surface area contributed by atoms with Crippen LogP contribution in [0.4, 0.5) is 0 Å². The maximum atomic E-state index is 13.1. The molecule has 0 radical (unpaired) electrons. The third-order valence-corrected chi connectivity index (χ3v) is 5.49. The van der Waals surface area contributed by atoms with Gasteiger partial charge in [0.1, 0.15) is 0 Å². The number of hydrogen-bond donors (Lipinski definition) is 1. The summed E-state index contributed by atoms with van der Waals surface area (Å²) >= 11 is 0. The van der Waals surface area contributed by atoms with Crippen molar-refractivity contribution < 1.29 is 9.32 Å². The molecule has 0 spiro atoms. The molecule has 2 nitrogen and oxygen atoms in total. The Morgan fingerprint density at radius 3 is 1.61 bits per heavy atom. The van der Waals surface area contributed by atoms with Gasteiger partial charge in [-0.25, -0.2) is 0 Å². The van der Waals surface area contributed by atoms with Crippen molar-refractivity contribution in [2.24, 2.45) is 0 Å². The summed E-state index contributed by atoms with van der Waals surface area (Å²) < 4.78 is 13.1. The van der Waals surface area contributed by atoms with E-state index in [9.17, 15) is 9.32 Å². The number of rotatable bonds is 5. The number of benzene rings is 3. The van der Waals surface area contributed by atoms with Crippen LogP contribution in [-0.4, -0.2) is 9.32 Å². The normalized spacial score (nSPS) is 14.8. The van der Waals surface area contributed by atoms with E-state index in [4.69, 9.17) is 0 Å². The molecule has 0 aliphatic carbocycles. The van der Waals surface area contributed by atoms with E-state index in [1.807, 2.05) is 91.0 Å². The lowest BCUT2D eigenvalue weighted by molar-refractivity contribution is 0.173. The molecule has 3 rings (SSSR count). The van der Waals surface area contributed by atoms with Gasteiger partial charge < -0.3 is 5.11 Å². The second-order valence-corrected chi connectivity index (χ2v) is 6.87. The quantitative estimate of drug-likeness (QED) is 0.762. The molecule has 0 aliphatic rings. The highest BCUT2D eigenvalue weighted by Gasteiger charge is 2.29. The van der Waals surface area contributed by atoms with Crippen LogP contribution in [0.25, 0.3) is 0 Å². The molecule has 116 valence electrons. The van der Waals surface area contributed by atoms with Gasteiger partial charge in [-0.15, -0.1) is 0 Å². The van der Waals surface area contributed by atoms with E-state index in [-0.39, 0.29) is 0 Å². The lowest BCUT2D eigenvalue weighted by atomic mass is 10.0. The molecule has 0 aliphatic heterocycles. The Balaban J connectivity index is 2.03. The molecule has 0 heterocycles. The lowest BCUT2D eigenvalue weighted by Gasteiger charge is -2.23. The highest BCUT2D eigenvalue weighted by Crippen LogP contribution is 2.36. The van der Waals surface area contributed by atoms with Gasteiger partial charge in [-0.2, -0.15) is 0 Å². The molecule has 3 aromatic carbocycles. The van der Waals surface area contributed by atoms with Crippen LogP contribution in [0.1, 0.15) is 22.5 Å². The molecule has 3 heteroatoms. The zero-order valence-electron chi connectivity index (χ0n) is 12.6. The van der Waals surface area contributed by atoms with Crippen molar-refractivity contribution in [3.63, 3.8) is 0 Å². The van der Waals surface area contributed by atoms with Gasteiger partial charge in [-0.3, -0.25) is 4.21 Å². The lowest BCUT2D eigenvalue weighted by Crippen LogP contribution is -2.16. The first kappa shape index (κ1) is 15.7. The summed E-state index contributed by atoms with van der Waals surface area (Å²) in [5, 5.41) is 10.4. The molecule has 0 bridgehead atoms. The van der Waals surface area contributed by atoms with Gasteiger partial charge in [-0.05, 0) is 23.3 Å². The average molecular weight is 322 g/mol. The Kier molecular flexibility index (Phi) is 5.01. The van der Waals surface area contributed by atoms with Gasteiger partial charge in [0.05, 0.1) is 22.2 Å². The number of hydrogen-bond acceptors (Lipinski definition) is 2. The van der Waals surface area contributed by atoms with Crippen molar-refractivity contribution in [1.82, 2.24) is 0 Å². The van der Waals surface area contributed by atoms with Crippen LogP contribution in [0.5, 0.6) is 0 Å². The fraction of sp³-hybridized carbons (Fsp3) is 0.100. The first-order valence-corrected chi connectivity index (χ1v) is 8.72. The van der Waals surface area contributed by atoms with Crippen molar-refractivity contribution in [3.8, 4) is 0 Å². The van der Waals surface area contributed by atoms with Crippen molar-refractivity contribution in [2.45, 2.75) is 16.2 Å². The van der Waals surface area contributed by atoms with Gasteiger partial charge in [0.15, 0.2) is 0 Å². The first-order valence-electron chi connectivity index (χ1n) is 7.51. The van der Waals surface area contributed by atoms with Gasteiger partial charge in [0.2, 0.25) is 0 Å². The van der Waals surface area contributed by atoms with Crippen LogP contribution in [0.15, 0.2) is 95.9 Å². The largest absolute Gasteiger partial charge is 0.387 e. The van der Waals surface area contributed by atoms with Crippen LogP contribution in [0.3, 0.4) is 0 Å². The third-order valence-electron chi connectivity index (χ3n) is 3.76. The van der Waals surface area contributed by atoms with E-state index in [0.717, 1.165) is 16.0 Å². The summed E-state index contributed by atoms with van der Waals surface area (Å²) in [7, 11) is -1.35. The standard InChI is InChI=1S/C20H18O2S/c21-19(16-10-4-1-5-11-16)20(17-12-6-2-7-13-17)23(22)18-14-8-3-9-15-18/h1-15,19-21H. The first-order chi connectivity index (χ1) is 11.3. The van der Waals surface area contributed by atoms with E-state index in [2.05, 4.69) is 0 Å². The van der Waals surface area contributed by atoms with Crippen molar-refractivity contribution in [1.29, 1.82) is 0 Å². The Labute approximate surface area is 138 Å². The van der Waals surface area contributed by atoms with Gasteiger partial charge >= 0.3 is 0 Å². The number of aliphatic hydroxyl groups is 1. The predicted octanol–water partition coefficient (Wildman–Crippen LogP) is 4.27. The van der Waals surface area contributed by atoms with Crippen molar-refractivity contribution in [2.75, 3.05) is 0 Å². The molecule has 3 atom stereocenters. The van der Waals surface area contributed by atoms with Crippen molar-refractivity contribution >= 4 is 10.8 Å². The summed E-state index contributed by atoms with van der Waals surface area (Å²) in [6.45, 7) is 0. The molecular formula is C20H18O2S. The van der Waals surface area contributed by atoms with E-state index < -0.39 is 22.2 Å². The summed E-state index contributed by atoms with van der Waals surface area (Å²) in [4.78, 5) is 0.719. The smallest absolute Gasteiger partial charge is 0.0978 e. The Morgan fingerprint density at radius 1 is 0.652 bits per heavy atom. The van der Waals surface area contributed by atoms with E-state index >= 15 is 0 Å². The molecule has 23 heavy (non-hydrogen) atoms. The van der Waals surface area contributed by atoms with Crippen LogP contribution in [-0.2, 0) is 10.8 Å². The molecule has 0 fully saturated rings. The summed E-state index contributed by atoms with van der Waals surface area (Å²) in [6, 6.07) is 28.3. The topological polar surface area (TPSA) is 37.3 Å². The van der Waals surface area contributed by atoms with Crippen LogP contribution in [0.2, 0.25) is 0 Å². The zero-order chi connectivity index (χ0) is 16.1. The Bertz CT molecular complexity index is 757. The fourth-order valence-electron chi connectivity index (χ4n) is 2.59. The molecular weight excluding hydrogens is 304 g/mol. The highest BCUT2D eigenvalue weighted by atomic mass is 32.2. The van der Waals surface area contributed by atoms with Gasteiger partial charge in [0, 0.05) is 4.90 Å². The maximum Gasteiger partial charge on any atom is 0.0978 e. The third kappa shape index (κ3) is 3.58. The van der Waals surface area contributed by atoms with Gasteiger partial charge in [0.25, 0.3) is 0 Å². The molecule has 0 saturated carbocycles. The summed E-state index contributed by atoms with van der Waals surface area (Å²) in [5.74, 6) is 0. The van der Waals surface area contributed by atoms with Crippen LogP contribution >= 0.6 is 0 Å². The van der Waals surface area contributed by atoms with Crippen LogP contribution < -0.4 is 0 Å². The minimum absolute atomic E-state index is 0.513. The summed E-state index contributed by atoms with van der Waals surface area (Å²) in [5.41, 5.74) is 1.64. The average Bonchev–Trinajstić information content (AvgIpc) is 2.64. The monoisotopic (exact) mass is 322 g/mol. The minimum atomic E-state index is -1.35. The zero-order valence-corrected chi connectivity index (χ0v) is 13.4. The Morgan fingerprint density at radius 2 is 1.09 bits per heavy atom. The molecule has 1 N–H and O–H groups in total. The van der Waals surface area contributed by atoms with Gasteiger partial charge in [-0.1, -0.05) is 78.9 Å².